The normalized spacial score (nSPS) is 12.0. The van der Waals surface area contributed by atoms with E-state index >= 15 is 0 Å². The first kappa shape index (κ1) is 22.9. The van der Waals surface area contributed by atoms with Gasteiger partial charge in [0.25, 0.3) is 0 Å². The number of hydrogen-bond acceptors (Lipinski definition) is 10. The molecule has 16 heteroatoms. The van der Waals surface area contributed by atoms with Gasteiger partial charge < -0.3 is 20.1 Å². The van der Waals surface area contributed by atoms with Crippen molar-refractivity contribution in [2.45, 2.75) is 14.7 Å². The molecule has 1 aromatic carbocycles. The lowest BCUT2D eigenvalue weighted by atomic mass is 10.3. The van der Waals surface area contributed by atoms with E-state index in [1.54, 1.807) is 7.11 Å². The van der Waals surface area contributed by atoms with Gasteiger partial charge in [-0.1, -0.05) is 6.58 Å². The van der Waals surface area contributed by atoms with Crippen LogP contribution >= 0.6 is 0 Å². The number of methoxy groups -OCH3 is 1. The molecule has 6 N–H and O–H groups in total. The van der Waals surface area contributed by atoms with Crippen LogP contribution in [0.4, 0.5) is 0 Å². The molecule has 144 valence electrons. The van der Waals surface area contributed by atoms with Gasteiger partial charge in [0.05, 0.1) is 13.4 Å². The minimum absolute atomic E-state index is 1.38. The number of phenols is 3. The molecule has 1 aromatic rings. The number of hydrogen-bond donors (Lipinski definition) is 6. The standard InChI is InChI=1S/C6H6O12S3.C3H6O/c7-1-4(19(10,11)12)2(8)6(21(16,17)18)3(9)5(1)20(13,14)15;1-3-4-2/h7-9H,(H,10,11,12)(H,13,14,15)(H,16,17,18);3H,1H2,2H3. The quantitative estimate of drug-likeness (QED) is 0.260. The summed E-state index contributed by atoms with van der Waals surface area (Å²) in [6.45, 7) is 3.26. The second kappa shape index (κ2) is 7.42. The molecule has 1 rings (SSSR count). The minimum Gasteiger partial charge on any atom is -0.505 e. The van der Waals surface area contributed by atoms with Crippen LogP contribution in [0, 0.1) is 0 Å². The van der Waals surface area contributed by atoms with Crippen LogP contribution in [0.5, 0.6) is 17.2 Å². The van der Waals surface area contributed by atoms with Gasteiger partial charge >= 0.3 is 30.4 Å². The van der Waals surface area contributed by atoms with Crippen molar-refractivity contribution in [2.75, 3.05) is 7.11 Å². The van der Waals surface area contributed by atoms with E-state index < -0.39 is 62.3 Å². The molecule has 0 heterocycles. The highest BCUT2D eigenvalue weighted by Crippen LogP contribution is 2.48. The lowest BCUT2D eigenvalue weighted by Gasteiger charge is -2.13. The van der Waals surface area contributed by atoms with Crippen LogP contribution in [0.25, 0.3) is 0 Å². The molecule has 0 unspecified atom stereocenters. The van der Waals surface area contributed by atoms with Gasteiger partial charge in [0.2, 0.25) is 0 Å². The van der Waals surface area contributed by atoms with Crippen LogP contribution in [0.2, 0.25) is 0 Å². The highest BCUT2D eigenvalue weighted by molar-refractivity contribution is 7.88. The predicted octanol–water partition coefficient (Wildman–Crippen LogP) is -0.680. The topological polar surface area (TPSA) is 233 Å². The number of ether oxygens (including phenoxy) is 1. The van der Waals surface area contributed by atoms with E-state index in [9.17, 15) is 40.6 Å². The predicted molar refractivity (Wildman–Crippen MR) is 78.1 cm³/mol. The summed E-state index contributed by atoms with van der Waals surface area (Å²) in [6.07, 6.45) is 1.38. The minimum atomic E-state index is -5.61. The molecule has 0 aliphatic carbocycles. The van der Waals surface area contributed by atoms with Gasteiger partial charge in [0.1, 0.15) is 0 Å². The molecular formula is C9H12O13S3. The summed E-state index contributed by atoms with van der Waals surface area (Å²) in [4.78, 5) is -6.17. The lowest BCUT2D eigenvalue weighted by molar-refractivity contribution is 0.339. The summed E-state index contributed by atoms with van der Waals surface area (Å²) in [7, 11) is -15.3. The molecular weight excluding hydrogens is 412 g/mol. The zero-order chi connectivity index (χ0) is 20.4. The van der Waals surface area contributed by atoms with Crippen molar-refractivity contribution >= 4 is 30.4 Å². The molecule has 0 saturated carbocycles. The van der Waals surface area contributed by atoms with Crippen molar-refractivity contribution in [1.29, 1.82) is 0 Å². The Kier molecular flexibility index (Phi) is 6.79. The Morgan fingerprint density at radius 1 is 0.720 bits per heavy atom. The zero-order valence-corrected chi connectivity index (χ0v) is 14.5. The van der Waals surface area contributed by atoms with Gasteiger partial charge in [-0.05, 0) is 0 Å². The van der Waals surface area contributed by atoms with Crippen LogP contribution in [-0.4, -0.2) is 61.3 Å². The van der Waals surface area contributed by atoms with Crippen LogP contribution in [0.3, 0.4) is 0 Å². The molecule has 0 atom stereocenters. The lowest BCUT2D eigenvalue weighted by Crippen LogP contribution is -2.10. The fraction of sp³-hybridized carbons (Fsp3) is 0.111. The maximum atomic E-state index is 10.9. The van der Waals surface area contributed by atoms with Crippen molar-refractivity contribution in [3.63, 3.8) is 0 Å². The third-order valence-corrected chi connectivity index (χ3v) is 4.94. The van der Waals surface area contributed by atoms with Gasteiger partial charge in [-0.15, -0.1) is 0 Å². The van der Waals surface area contributed by atoms with E-state index in [2.05, 4.69) is 11.3 Å². The first-order chi connectivity index (χ1) is 11.0. The summed E-state index contributed by atoms with van der Waals surface area (Å²) in [6, 6.07) is 0. The van der Waals surface area contributed by atoms with Gasteiger partial charge in [-0.2, -0.15) is 25.3 Å². The second-order valence-electron chi connectivity index (χ2n) is 3.86. The Hall–Kier alpha value is -2.11. The van der Waals surface area contributed by atoms with E-state index in [1.165, 1.54) is 6.26 Å². The molecule has 0 aliphatic rings. The summed E-state index contributed by atoms with van der Waals surface area (Å²) >= 11 is 0. The Morgan fingerprint density at radius 3 is 0.960 bits per heavy atom. The van der Waals surface area contributed by atoms with E-state index in [1.807, 2.05) is 0 Å². The molecule has 13 nitrogen and oxygen atoms in total. The van der Waals surface area contributed by atoms with E-state index in [0.29, 0.717) is 0 Å². The van der Waals surface area contributed by atoms with Gasteiger partial charge in [0.15, 0.2) is 31.9 Å². The Balaban J connectivity index is 0.00000129. The SMILES string of the molecule is C=COC.O=S(=O)(O)c1c(O)c(S(=O)(=O)O)c(O)c(S(=O)(=O)O)c1O. The van der Waals surface area contributed by atoms with E-state index in [4.69, 9.17) is 13.7 Å². The number of benzene rings is 1. The zero-order valence-electron chi connectivity index (χ0n) is 12.1. The molecule has 0 spiro atoms. The van der Waals surface area contributed by atoms with Crippen LogP contribution in [0.1, 0.15) is 0 Å². The van der Waals surface area contributed by atoms with Crippen LogP contribution in [-0.2, 0) is 35.1 Å². The monoisotopic (exact) mass is 424 g/mol. The number of phenolic OH excluding ortho intramolecular Hbond substituents is 3. The highest BCUT2D eigenvalue weighted by Gasteiger charge is 2.39. The molecule has 0 aliphatic heterocycles. The third kappa shape index (κ3) is 5.18. The van der Waals surface area contributed by atoms with Crippen molar-refractivity contribution in [1.82, 2.24) is 0 Å². The maximum absolute atomic E-state index is 10.9. The molecule has 0 amide bonds. The Morgan fingerprint density at radius 2 is 0.880 bits per heavy atom. The molecule has 0 aromatic heterocycles. The van der Waals surface area contributed by atoms with Crippen LogP contribution in [0.15, 0.2) is 27.5 Å². The van der Waals surface area contributed by atoms with Crippen molar-refractivity contribution in [3.05, 3.63) is 12.8 Å². The first-order valence-electron chi connectivity index (χ1n) is 5.38. The van der Waals surface area contributed by atoms with Crippen molar-refractivity contribution in [2.24, 2.45) is 0 Å². The van der Waals surface area contributed by atoms with Gasteiger partial charge in [-0.25, -0.2) is 0 Å². The Bertz CT molecular complexity index is 841. The van der Waals surface area contributed by atoms with Crippen LogP contribution < -0.4 is 0 Å². The molecule has 25 heavy (non-hydrogen) atoms. The second-order valence-corrected chi connectivity index (χ2v) is 7.94. The molecule has 0 bridgehead atoms. The van der Waals surface area contributed by atoms with Crippen molar-refractivity contribution in [3.8, 4) is 17.2 Å². The molecule has 0 radical (unpaired) electrons. The average Bonchev–Trinajstić information content (AvgIpc) is 2.33. The highest BCUT2D eigenvalue weighted by atomic mass is 32.2. The average molecular weight is 424 g/mol. The fourth-order valence-corrected chi connectivity index (χ4v) is 3.65. The summed E-state index contributed by atoms with van der Waals surface area (Å²) in [5.74, 6) is -6.16. The largest absolute Gasteiger partial charge is 0.505 e. The smallest absolute Gasteiger partial charge is 0.302 e. The number of aromatic hydroxyl groups is 3. The number of rotatable bonds is 4. The molecule has 0 saturated heterocycles. The maximum Gasteiger partial charge on any atom is 0.302 e. The third-order valence-electron chi connectivity index (χ3n) is 2.23. The van der Waals surface area contributed by atoms with E-state index in [-0.39, 0.29) is 0 Å². The van der Waals surface area contributed by atoms with E-state index in [0.717, 1.165) is 0 Å². The Labute approximate surface area is 141 Å². The fourth-order valence-electron chi connectivity index (χ4n) is 1.38. The molecule has 0 fully saturated rings. The summed E-state index contributed by atoms with van der Waals surface area (Å²) in [5.41, 5.74) is 0. The summed E-state index contributed by atoms with van der Waals surface area (Å²) in [5, 5.41) is 28.0. The van der Waals surface area contributed by atoms with Gasteiger partial charge in [0, 0.05) is 0 Å². The first-order valence-corrected chi connectivity index (χ1v) is 9.70. The van der Waals surface area contributed by atoms with Crippen molar-refractivity contribution < 1.29 is 59.0 Å². The van der Waals surface area contributed by atoms with Gasteiger partial charge in [-0.3, -0.25) is 13.7 Å². The summed E-state index contributed by atoms with van der Waals surface area (Å²) < 4.78 is 96.2.